The molecule has 1 saturated carbocycles. The van der Waals surface area contributed by atoms with Crippen molar-refractivity contribution in [3.8, 4) is 0 Å². The van der Waals surface area contributed by atoms with Crippen LogP contribution in [0, 0.1) is 5.92 Å². The molecule has 0 radical (unpaired) electrons. The van der Waals surface area contributed by atoms with E-state index in [1.807, 2.05) is 60.8 Å². The molecule has 1 heterocycles. The Hall–Kier alpha value is -3.40. The number of carbonyl (C=O) groups excluding carboxylic acids is 1. The summed E-state index contributed by atoms with van der Waals surface area (Å²) < 4.78 is 0. The van der Waals surface area contributed by atoms with Crippen molar-refractivity contribution in [1.29, 1.82) is 0 Å². The van der Waals surface area contributed by atoms with E-state index in [0.29, 0.717) is 5.56 Å². The summed E-state index contributed by atoms with van der Waals surface area (Å²) in [4.78, 5) is 16.7. The van der Waals surface area contributed by atoms with Gasteiger partial charge in [0.15, 0.2) is 0 Å². The van der Waals surface area contributed by atoms with Crippen LogP contribution in [0.3, 0.4) is 0 Å². The summed E-state index contributed by atoms with van der Waals surface area (Å²) in [6.07, 6.45) is 15.5. The molecule has 0 aliphatic heterocycles. The second-order valence-corrected chi connectivity index (χ2v) is 8.50. The molecule has 1 aliphatic rings. The van der Waals surface area contributed by atoms with Gasteiger partial charge in [-0.1, -0.05) is 68.5 Å². The Labute approximate surface area is 190 Å². The summed E-state index contributed by atoms with van der Waals surface area (Å²) >= 11 is 0. The molecule has 2 N–H and O–H groups in total. The molecule has 0 unspecified atom stereocenters. The van der Waals surface area contributed by atoms with Crippen molar-refractivity contribution < 1.29 is 4.79 Å². The molecule has 4 heteroatoms. The molecular weight excluding hydrogens is 394 g/mol. The van der Waals surface area contributed by atoms with Crippen LogP contribution < -0.4 is 10.6 Å². The average Bonchev–Trinajstić information content (AvgIpc) is 2.85. The summed E-state index contributed by atoms with van der Waals surface area (Å²) in [6, 6.07) is 19.8. The smallest absolute Gasteiger partial charge is 0.251 e. The molecule has 1 aliphatic carbocycles. The predicted octanol–water partition coefficient (Wildman–Crippen LogP) is 6.70. The van der Waals surface area contributed by atoms with Crippen LogP contribution in [-0.4, -0.2) is 17.4 Å². The number of benzene rings is 2. The number of nitrogens with one attached hydrogen (secondary N) is 2. The Balaban J connectivity index is 1.30. The number of aromatic nitrogens is 1. The molecule has 2 aromatic carbocycles. The summed E-state index contributed by atoms with van der Waals surface area (Å²) in [5.74, 6) is 0.777. The highest BCUT2D eigenvalue weighted by molar-refractivity contribution is 5.95. The van der Waals surface area contributed by atoms with Crippen molar-refractivity contribution in [2.45, 2.75) is 38.5 Å². The molecule has 164 valence electrons. The highest BCUT2D eigenvalue weighted by atomic mass is 16.1. The predicted molar refractivity (Wildman–Crippen MR) is 133 cm³/mol. The number of carbonyl (C=O) groups is 1. The van der Waals surface area contributed by atoms with Crippen molar-refractivity contribution in [2.75, 3.05) is 11.9 Å². The topological polar surface area (TPSA) is 54.0 Å². The zero-order valence-electron chi connectivity index (χ0n) is 18.5. The second-order valence-electron chi connectivity index (χ2n) is 8.50. The lowest BCUT2D eigenvalue weighted by atomic mass is 9.87. The van der Waals surface area contributed by atoms with Crippen molar-refractivity contribution in [3.05, 3.63) is 89.7 Å². The number of nitrogens with zero attached hydrogens (tertiary/aromatic N) is 1. The summed E-state index contributed by atoms with van der Waals surface area (Å²) in [7, 11) is 0. The van der Waals surface area contributed by atoms with Crippen molar-refractivity contribution in [3.63, 3.8) is 0 Å². The van der Waals surface area contributed by atoms with Gasteiger partial charge < -0.3 is 10.6 Å². The third kappa shape index (κ3) is 6.55. The molecule has 32 heavy (non-hydrogen) atoms. The van der Waals surface area contributed by atoms with Crippen LogP contribution in [0.15, 0.2) is 73.1 Å². The number of hydrogen-bond donors (Lipinski definition) is 2. The monoisotopic (exact) mass is 425 g/mol. The second kappa shape index (κ2) is 11.3. The van der Waals surface area contributed by atoms with Crippen LogP contribution in [-0.2, 0) is 0 Å². The minimum Gasteiger partial charge on any atom is -0.356 e. The van der Waals surface area contributed by atoms with E-state index in [1.54, 1.807) is 6.20 Å². The van der Waals surface area contributed by atoms with Crippen LogP contribution in [0.5, 0.6) is 0 Å². The highest BCUT2D eigenvalue weighted by Crippen LogP contribution is 2.26. The fraction of sp³-hybridized carbons (Fsp3) is 0.286. The molecule has 4 nitrogen and oxygen atoms in total. The van der Waals surface area contributed by atoms with Crippen LogP contribution in [0.25, 0.3) is 12.2 Å². The van der Waals surface area contributed by atoms with Gasteiger partial charge in [0.1, 0.15) is 0 Å². The standard InChI is InChI=1S/C28H31N3O/c32-28(30-19-17-22-6-2-1-3-7-22)25-9-4-10-27(20-25)31-26-15-13-23(14-16-26)11-12-24-8-5-18-29-21-24/h4-5,8-16,18,20-22,31H,1-3,6-7,17,19H2,(H,30,32)/b12-11+. The van der Waals surface area contributed by atoms with Gasteiger partial charge in [-0.05, 0) is 59.9 Å². The first-order valence-electron chi connectivity index (χ1n) is 11.6. The molecule has 1 aromatic heterocycles. The zero-order chi connectivity index (χ0) is 22.0. The lowest BCUT2D eigenvalue weighted by Crippen LogP contribution is -2.26. The van der Waals surface area contributed by atoms with Gasteiger partial charge in [0.25, 0.3) is 5.91 Å². The van der Waals surface area contributed by atoms with Gasteiger partial charge >= 0.3 is 0 Å². The van der Waals surface area contributed by atoms with E-state index < -0.39 is 0 Å². The van der Waals surface area contributed by atoms with Gasteiger partial charge in [0, 0.05) is 35.9 Å². The molecule has 1 fully saturated rings. The van der Waals surface area contributed by atoms with E-state index in [1.165, 1.54) is 32.1 Å². The maximum Gasteiger partial charge on any atom is 0.251 e. The largest absolute Gasteiger partial charge is 0.356 e. The number of rotatable bonds is 8. The van der Waals surface area contributed by atoms with E-state index in [0.717, 1.165) is 41.4 Å². The first kappa shape index (κ1) is 21.8. The lowest BCUT2D eigenvalue weighted by Gasteiger charge is -2.21. The third-order valence-corrected chi connectivity index (χ3v) is 6.04. The van der Waals surface area contributed by atoms with E-state index in [4.69, 9.17) is 0 Å². The van der Waals surface area contributed by atoms with Crippen molar-refractivity contribution in [1.82, 2.24) is 10.3 Å². The van der Waals surface area contributed by atoms with Gasteiger partial charge in [-0.3, -0.25) is 9.78 Å². The van der Waals surface area contributed by atoms with Gasteiger partial charge in [0.2, 0.25) is 0 Å². The van der Waals surface area contributed by atoms with Crippen molar-refractivity contribution >= 4 is 29.4 Å². The fourth-order valence-corrected chi connectivity index (χ4v) is 4.22. The summed E-state index contributed by atoms with van der Waals surface area (Å²) in [5, 5.41) is 6.49. The Bertz CT molecular complexity index is 1020. The Morgan fingerprint density at radius 3 is 2.50 bits per heavy atom. The SMILES string of the molecule is O=C(NCCC1CCCCC1)c1cccc(Nc2ccc(/C=C/c3cccnc3)cc2)c1. The fourth-order valence-electron chi connectivity index (χ4n) is 4.22. The van der Waals surface area contributed by atoms with Crippen LogP contribution in [0.4, 0.5) is 11.4 Å². The quantitative estimate of drug-likeness (QED) is 0.422. The van der Waals surface area contributed by atoms with Gasteiger partial charge in [-0.25, -0.2) is 0 Å². The molecule has 1 amide bonds. The molecule has 0 saturated heterocycles. The zero-order valence-corrected chi connectivity index (χ0v) is 18.5. The Kier molecular flexibility index (Phi) is 7.69. The molecule has 0 atom stereocenters. The van der Waals surface area contributed by atoms with E-state index in [-0.39, 0.29) is 5.91 Å². The van der Waals surface area contributed by atoms with Gasteiger partial charge in [0.05, 0.1) is 0 Å². The van der Waals surface area contributed by atoms with E-state index >= 15 is 0 Å². The summed E-state index contributed by atoms with van der Waals surface area (Å²) in [6.45, 7) is 0.759. The van der Waals surface area contributed by atoms with Gasteiger partial charge in [-0.15, -0.1) is 0 Å². The Morgan fingerprint density at radius 2 is 1.72 bits per heavy atom. The third-order valence-electron chi connectivity index (χ3n) is 6.04. The maximum absolute atomic E-state index is 12.6. The first-order valence-corrected chi connectivity index (χ1v) is 11.6. The average molecular weight is 426 g/mol. The number of pyridine rings is 1. The maximum atomic E-state index is 12.6. The van der Waals surface area contributed by atoms with E-state index in [9.17, 15) is 4.79 Å². The minimum atomic E-state index is 0.000321. The van der Waals surface area contributed by atoms with Gasteiger partial charge in [-0.2, -0.15) is 0 Å². The minimum absolute atomic E-state index is 0.000321. The van der Waals surface area contributed by atoms with Crippen molar-refractivity contribution in [2.24, 2.45) is 5.92 Å². The number of hydrogen-bond acceptors (Lipinski definition) is 3. The van der Waals surface area contributed by atoms with Crippen LogP contribution in [0.1, 0.15) is 60.0 Å². The lowest BCUT2D eigenvalue weighted by molar-refractivity contribution is 0.0950. The van der Waals surface area contributed by atoms with E-state index in [2.05, 4.69) is 33.8 Å². The molecule has 0 spiro atoms. The molecular formula is C28H31N3O. The normalized spacial score (nSPS) is 14.4. The molecule has 0 bridgehead atoms. The molecule has 4 rings (SSSR count). The molecule has 3 aromatic rings. The van der Waals surface area contributed by atoms with Crippen LogP contribution in [0.2, 0.25) is 0 Å². The highest BCUT2D eigenvalue weighted by Gasteiger charge is 2.13. The summed E-state index contributed by atoms with van der Waals surface area (Å²) in [5.41, 5.74) is 4.77. The number of anilines is 2. The Morgan fingerprint density at radius 1 is 0.906 bits per heavy atom. The van der Waals surface area contributed by atoms with Crippen LogP contribution >= 0.6 is 0 Å². The first-order chi connectivity index (χ1) is 15.8. The number of amides is 1.